The lowest BCUT2D eigenvalue weighted by atomic mass is 10.2. The predicted octanol–water partition coefficient (Wildman–Crippen LogP) is 2.62. The van der Waals surface area contributed by atoms with Crippen LogP contribution in [-0.2, 0) is 14.8 Å². The van der Waals surface area contributed by atoms with E-state index < -0.39 is 10.0 Å². The van der Waals surface area contributed by atoms with Crippen molar-refractivity contribution < 1.29 is 13.2 Å². The van der Waals surface area contributed by atoms with Gasteiger partial charge >= 0.3 is 0 Å². The van der Waals surface area contributed by atoms with Crippen LogP contribution in [0.5, 0.6) is 0 Å². The first-order valence-corrected chi connectivity index (χ1v) is 11.9. The molecule has 0 atom stereocenters. The smallest absolute Gasteiger partial charge is 0.243 e. The number of carbonyl (C=O) groups excluding carboxylic acids is 1. The second kappa shape index (κ2) is 9.91. The first-order chi connectivity index (χ1) is 14.3. The molecule has 6 nitrogen and oxygen atoms in total. The summed E-state index contributed by atoms with van der Waals surface area (Å²) in [4.78, 5) is 16.9. The molecule has 3 rings (SSSR count). The minimum absolute atomic E-state index is 0.165. The summed E-state index contributed by atoms with van der Waals surface area (Å²) >= 11 is 0. The first kappa shape index (κ1) is 22.1. The highest BCUT2D eigenvalue weighted by atomic mass is 32.2. The van der Waals surface area contributed by atoms with Crippen molar-refractivity contribution in [3.63, 3.8) is 0 Å². The maximum atomic E-state index is 12.8. The zero-order chi connectivity index (χ0) is 21.6. The van der Waals surface area contributed by atoms with E-state index in [0.29, 0.717) is 18.8 Å². The SMILES string of the molecule is Cc1cccc(N(CC(=O)N2CCN(C/C=C/c3ccccc3)CC2)S(C)(=O)=O)c1. The highest BCUT2D eigenvalue weighted by Gasteiger charge is 2.26. The first-order valence-electron chi connectivity index (χ1n) is 10.1. The Hall–Kier alpha value is -2.64. The van der Waals surface area contributed by atoms with Gasteiger partial charge in [-0.3, -0.25) is 14.0 Å². The summed E-state index contributed by atoms with van der Waals surface area (Å²) < 4.78 is 25.8. The second-order valence-corrected chi connectivity index (χ2v) is 9.51. The van der Waals surface area contributed by atoms with E-state index in [0.717, 1.165) is 31.5 Å². The van der Waals surface area contributed by atoms with E-state index in [2.05, 4.69) is 29.2 Å². The van der Waals surface area contributed by atoms with E-state index in [1.54, 1.807) is 23.1 Å². The molecule has 1 saturated heterocycles. The van der Waals surface area contributed by atoms with E-state index in [1.165, 1.54) is 9.87 Å². The molecule has 2 aromatic rings. The van der Waals surface area contributed by atoms with Crippen molar-refractivity contribution >= 4 is 27.7 Å². The topological polar surface area (TPSA) is 60.9 Å². The molecule has 30 heavy (non-hydrogen) atoms. The van der Waals surface area contributed by atoms with Crippen molar-refractivity contribution in [1.29, 1.82) is 0 Å². The van der Waals surface area contributed by atoms with Crippen LogP contribution in [0.2, 0.25) is 0 Å². The number of hydrogen-bond donors (Lipinski definition) is 0. The molecule has 0 bridgehead atoms. The van der Waals surface area contributed by atoms with Gasteiger partial charge in [0.2, 0.25) is 15.9 Å². The Kier molecular flexibility index (Phi) is 7.29. The van der Waals surface area contributed by atoms with Gasteiger partial charge in [0.15, 0.2) is 0 Å². The van der Waals surface area contributed by atoms with Crippen LogP contribution in [0, 0.1) is 6.92 Å². The van der Waals surface area contributed by atoms with Gasteiger partial charge in [0, 0.05) is 32.7 Å². The van der Waals surface area contributed by atoms with Gasteiger partial charge in [0.25, 0.3) is 0 Å². The zero-order valence-corrected chi connectivity index (χ0v) is 18.4. The third-order valence-electron chi connectivity index (χ3n) is 5.17. The lowest BCUT2D eigenvalue weighted by molar-refractivity contribution is -0.131. The van der Waals surface area contributed by atoms with Crippen LogP contribution >= 0.6 is 0 Å². The van der Waals surface area contributed by atoms with E-state index >= 15 is 0 Å². The van der Waals surface area contributed by atoms with Gasteiger partial charge in [0.1, 0.15) is 6.54 Å². The Morgan fingerprint density at radius 2 is 1.73 bits per heavy atom. The summed E-state index contributed by atoms with van der Waals surface area (Å²) in [5.74, 6) is -0.165. The fraction of sp³-hybridized carbons (Fsp3) is 0.348. The lowest BCUT2D eigenvalue weighted by Crippen LogP contribution is -2.51. The minimum Gasteiger partial charge on any atom is -0.339 e. The van der Waals surface area contributed by atoms with Crippen LogP contribution in [0.3, 0.4) is 0 Å². The molecule has 1 fully saturated rings. The number of nitrogens with zero attached hydrogens (tertiary/aromatic N) is 3. The quantitative estimate of drug-likeness (QED) is 0.682. The van der Waals surface area contributed by atoms with E-state index in [9.17, 15) is 13.2 Å². The predicted molar refractivity (Wildman–Crippen MR) is 122 cm³/mol. The Balaban J connectivity index is 1.54. The third-order valence-corrected chi connectivity index (χ3v) is 6.31. The van der Waals surface area contributed by atoms with Crippen LogP contribution < -0.4 is 4.31 Å². The summed E-state index contributed by atoms with van der Waals surface area (Å²) in [6.45, 7) is 5.30. The average molecular weight is 428 g/mol. The molecule has 0 aromatic heterocycles. The monoisotopic (exact) mass is 427 g/mol. The number of hydrogen-bond acceptors (Lipinski definition) is 4. The number of carbonyl (C=O) groups is 1. The molecule has 0 spiro atoms. The van der Waals surface area contributed by atoms with Gasteiger partial charge in [0.05, 0.1) is 11.9 Å². The third kappa shape index (κ3) is 6.18. The average Bonchev–Trinajstić information content (AvgIpc) is 2.72. The summed E-state index contributed by atoms with van der Waals surface area (Å²) in [6.07, 6.45) is 5.37. The second-order valence-electron chi connectivity index (χ2n) is 7.60. The van der Waals surface area contributed by atoms with Gasteiger partial charge in [-0.05, 0) is 30.2 Å². The van der Waals surface area contributed by atoms with Crippen molar-refractivity contribution in [3.05, 3.63) is 71.8 Å². The van der Waals surface area contributed by atoms with Crippen LogP contribution in [-0.4, -0.2) is 69.6 Å². The molecule has 0 saturated carbocycles. The van der Waals surface area contributed by atoms with Gasteiger partial charge in [-0.15, -0.1) is 0 Å². The highest BCUT2D eigenvalue weighted by Crippen LogP contribution is 2.19. The largest absolute Gasteiger partial charge is 0.339 e. The molecule has 0 radical (unpaired) electrons. The number of benzene rings is 2. The van der Waals surface area contributed by atoms with Crippen LogP contribution in [0.15, 0.2) is 60.7 Å². The molecule has 160 valence electrons. The van der Waals surface area contributed by atoms with Gasteiger partial charge in [-0.1, -0.05) is 54.6 Å². The number of piperazine rings is 1. The van der Waals surface area contributed by atoms with Crippen LogP contribution in [0.4, 0.5) is 5.69 Å². The Morgan fingerprint density at radius 3 is 2.37 bits per heavy atom. The number of amides is 1. The Morgan fingerprint density at radius 1 is 1.03 bits per heavy atom. The minimum atomic E-state index is -3.55. The molecule has 1 amide bonds. The Labute approximate surface area is 179 Å². The molecule has 1 aliphatic rings. The maximum absolute atomic E-state index is 12.8. The summed E-state index contributed by atoms with van der Waals surface area (Å²) in [5, 5.41) is 0. The van der Waals surface area contributed by atoms with E-state index in [-0.39, 0.29) is 12.5 Å². The fourth-order valence-electron chi connectivity index (χ4n) is 3.49. The number of sulfonamides is 1. The molecule has 1 heterocycles. The van der Waals surface area contributed by atoms with Crippen molar-refractivity contribution in [1.82, 2.24) is 9.80 Å². The Bertz CT molecular complexity index is 982. The highest BCUT2D eigenvalue weighted by molar-refractivity contribution is 7.92. The van der Waals surface area contributed by atoms with E-state index in [1.807, 2.05) is 31.2 Å². The summed E-state index contributed by atoms with van der Waals surface area (Å²) in [7, 11) is -3.55. The molecule has 1 aliphatic heterocycles. The normalized spacial score (nSPS) is 15.5. The van der Waals surface area contributed by atoms with Crippen molar-refractivity contribution in [3.8, 4) is 0 Å². The molecule has 0 unspecified atom stereocenters. The fourth-order valence-corrected chi connectivity index (χ4v) is 4.33. The van der Waals surface area contributed by atoms with Crippen molar-refractivity contribution in [2.24, 2.45) is 0 Å². The lowest BCUT2D eigenvalue weighted by Gasteiger charge is -2.35. The van der Waals surface area contributed by atoms with Crippen molar-refractivity contribution in [2.45, 2.75) is 6.92 Å². The van der Waals surface area contributed by atoms with Crippen LogP contribution in [0.1, 0.15) is 11.1 Å². The summed E-state index contributed by atoms with van der Waals surface area (Å²) in [6, 6.07) is 17.4. The molecule has 2 aromatic carbocycles. The molecular formula is C23H29N3O3S. The van der Waals surface area contributed by atoms with Gasteiger partial charge in [-0.25, -0.2) is 8.42 Å². The molecule has 0 aliphatic carbocycles. The van der Waals surface area contributed by atoms with E-state index in [4.69, 9.17) is 0 Å². The van der Waals surface area contributed by atoms with Crippen LogP contribution in [0.25, 0.3) is 6.08 Å². The van der Waals surface area contributed by atoms with Gasteiger partial charge in [-0.2, -0.15) is 0 Å². The number of aryl methyl sites for hydroxylation is 1. The number of rotatable bonds is 7. The number of anilines is 1. The molecule has 7 heteroatoms. The van der Waals surface area contributed by atoms with Crippen molar-refractivity contribution in [2.75, 3.05) is 49.8 Å². The zero-order valence-electron chi connectivity index (χ0n) is 17.6. The molecular weight excluding hydrogens is 398 g/mol. The maximum Gasteiger partial charge on any atom is 0.243 e. The summed E-state index contributed by atoms with van der Waals surface area (Å²) in [5.41, 5.74) is 2.64. The molecule has 0 N–H and O–H groups in total. The standard InChI is InChI=1S/C23H29N3O3S/c1-20-8-6-12-22(18-20)26(30(2,28)29)19-23(27)25-16-14-24(15-17-25)13-7-11-21-9-4-3-5-10-21/h3-12,18H,13-17,19H2,1-2H3/b11-7+. The van der Waals surface area contributed by atoms with Gasteiger partial charge < -0.3 is 4.90 Å².